The highest BCUT2D eigenvalue weighted by Gasteiger charge is 2.06. The molecular weight excluding hydrogens is 212 g/mol. The third-order valence-electron chi connectivity index (χ3n) is 2.12. The van der Waals surface area contributed by atoms with Crippen LogP contribution in [0.15, 0.2) is 42.6 Å². The number of rotatable bonds is 4. The van der Waals surface area contributed by atoms with Crippen LogP contribution in [0.4, 0.5) is 14.6 Å². The number of alkyl halides is 2. The Balaban J connectivity index is 1.95. The minimum Gasteiger partial charge on any atom is -0.365 e. The maximum atomic E-state index is 12.2. The van der Waals surface area contributed by atoms with E-state index in [0.717, 1.165) is 5.56 Å². The number of nitrogens with zero attached hydrogens (tertiary/aromatic N) is 2. The van der Waals surface area contributed by atoms with E-state index in [9.17, 15) is 8.78 Å². The topological polar surface area (TPSA) is 29.9 Å². The molecule has 0 saturated carbocycles. The third kappa shape index (κ3) is 2.56. The fraction of sp³-hybridized carbons (Fsp3) is 0.182. The molecule has 5 heteroatoms. The van der Waals surface area contributed by atoms with Crippen LogP contribution in [0.25, 0.3) is 0 Å². The quantitative estimate of drug-likeness (QED) is 0.863. The first-order chi connectivity index (χ1) is 7.75. The summed E-state index contributed by atoms with van der Waals surface area (Å²) in [6.07, 6.45) is 1.25. The lowest BCUT2D eigenvalue weighted by Gasteiger charge is -2.02. The Morgan fingerprint density at radius 2 is 1.94 bits per heavy atom. The van der Waals surface area contributed by atoms with Crippen molar-refractivity contribution in [1.29, 1.82) is 0 Å². The standard InChI is InChI=1S/C11H11F2N3/c12-11(13)16-7-6-10(15-16)14-8-9-4-2-1-3-5-9/h1-7,11H,8H2,(H,14,15). The largest absolute Gasteiger partial charge is 0.365 e. The predicted octanol–water partition coefficient (Wildman–Crippen LogP) is 2.89. The lowest BCUT2D eigenvalue weighted by atomic mass is 10.2. The summed E-state index contributed by atoms with van der Waals surface area (Å²) in [5, 5.41) is 6.65. The summed E-state index contributed by atoms with van der Waals surface area (Å²) in [4.78, 5) is 0. The molecule has 0 saturated heterocycles. The smallest absolute Gasteiger partial charge is 0.333 e. The monoisotopic (exact) mass is 223 g/mol. The zero-order valence-electron chi connectivity index (χ0n) is 8.48. The van der Waals surface area contributed by atoms with E-state index in [0.29, 0.717) is 17.0 Å². The van der Waals surface area contributed by atoms with Crippen molar-refractivity contribution in [3.05, 3.63) is 48.2 Å². The third-order valence-corrected chi connectivity index (χ3v) is 2.12. The van der Waals surface area contributed by atoms with Gasteiger partial charge < -0.3 is 5.32 Å². The van der Waals surface area contributed by atoms with Crippen molar-refractivity contribution in [2.24, 2.45) is 0 Å². The zero-order chi connectivity index (χ0) is 11.4. The number of halogens is 2. The number of hydrogen-bond acceptors (Lipinski definition) is 2. The highest BCUT2D eigenvalue weighted by molar-refractivity contribution is 5.33. The Morgan fingerprint density at radius 1 is 1.19 bits per heavy atom. The van der Waals surface area contributed by atoms with E-state index in [2.05, 4.69) is 10.4 Å². The molecule has 2 aromatic rings. The van der Waals surface area contributed by atoms with Crippen LogP contribution >= 0.6 is 0 Å². The molecule has 0 fully saturated rings. The van der Waals surface area contributed by atoms with E-state index in [1.807, 2.05) is 30.3 Å². The summed E-state index contributed by atoms with van der Waals surface area (Å²) in [7, 11) is 0. The van der Waals surface area contributed by atoms with Crippen molar-refractivity contribution in [2.75, 3.05) is 5.32 Å². The van der Waals surface area contributed by atoms with Gasteiger partial charge >= 0.3 is 6.55 Å². The molecule has 0 aliphatic rings. The molecule has 1 N–H and O–H groups in total. The Morgan fingerprint density at radius 3 is 2.56 bits per heavy atom. The van der Waals surface area contributed by atoms with Gasteiger partial charge in [-0.15, -0.1) is 0 Å². The highest BCUT2D eigenvalue weighted by atomic mass is 19.3. The molecule has 0 aliphatic carbocycles. The maximum Gasteiger partial charge on any atom is 0.333 e. The Bertz CT molecular complexity index is 440. The molecule has 0 radical (unpaired) electrons. The average molecular weight is 223 g/mol. The van der Waals surface area contributed by atoms with Crippen molar-refractivity contribution in [3.63, 3.8) is 0 Å². The number of anilines is 1. The van der Waals surface area contributed by atoms with Gasteiger partial charge in [0.1, 0.15) is 5.82 Å². The van der Waals surface area contributed by atoms with Crippen LogP contribution in [-0.2, 0) is 6.54 Å². The predicted molar refractivity (Wildman–Crippen MR) is 57.2 cm³/mol. The second-order valence-electron chi connectivity index (χ2n) is 3.30. The first-order valence-corrected chi connectivity index (χ1v) is 4.87. The number of benzene rings is 1. The van der Waals surface area contributed by atoms with Gasteiger partial charge in [-0.1, -0.05) is 30.3 Å². The van der Waals surface area contributed by atoms with E-state index in [4.69, 9.17) is 0 Å². The molecule has 2 rings (SSSR count). The molecule has 0 aliphatic heterocycles. The molecule has 0 unspecified atom stereocenters. The molecule has 84 valence electrons. The van der Waals surface area contributed by atoms with Crippen LogP contribution in [0.3, 0.4) is 0 Å². The van der Waals surface area contributed by atoms with Crippen LogP contribution in [0.1, 0.15) is 12.1 Å². The van der Waals surface area contributed by atoms with Gasteiger partial charge in [0, 0.05) is 18.8 Å². The fourth-order valence-electron chi connectivity index (χ4n) is 1.33. The van der Waals surface area contributed by atoms with Crippen LogP contribution in [-0.4, -0.2) is 9.78 Å². The normalized spacial score (nSPS) is 10.7. The summed E-state index contributed by atoms with van der Waals surface area (Å²) >= 11 is 0. The summed E-state index contributed by atoms with van der Waals surface area (Å²) in [6.45, 7) is -2.02. The Labute approximate surface area is 91.7 Å². The maximum absolute atomic E-state index is 12.2. The van der Waals surface area contributed by atoms with E-state index in [1.165, 1.54) is 12.3 Å². The molecular formula is C11H11F2N3. The van der Waals surface area contributed by atoms with E-state index >= 15 is 0 Å². The Hall–Kier alpha value is -1.91. The van der Waals surface area contributed by atoms with Crippen molar-refractivity contribution in [3.8, 4) is 0 Å². The lowest BCUT2D eigenvalue weighted by Crippen LogP contribution is -2.02. The fourth-order valence-corrected chi connectivity index (χ4v) is 1.33. The van der Waals surface area contributed by atoms with Gasteiger partial charge in [0.15, 0.2) is 0 Å². The number of nitrogens with one attached hydrogen (secondary N) is 1. The van der Waals surface area contributed by atoms with Gasteiger partial charge in [-0.3, -0.25) is 0 Å². The van der Waals surface area contributed by atoms with Crippen molar-refractivity contribution in [1.82, 2.24) is 9.78 Å². The summed E-state index contributed by atoms with van der Waals surface area (Å²) in [6, 6.07) is 11.2. The summed E-state index contributed by atoms with van der Waals surface area (Å²) < 4.78 is 25.1. The molecule has 0 atom stereocenters. The van der Waals surface area contributed by atoms with Gasteiger partial charge in [-0.25, -0.2) is 4.68 Å². The van der Waals surface area contributed by atoms with Crippen LogP contribution in [0.2, 0.25) is 0 Å². The summed E-state index contributed by atoms with van der Waals surface area (Å²) in [5.74, 6) is 0.448. The molecule has 3 nitrogen and oxygen atoms in total. The molecule has 0 amide bonds. The second kappa shape index (κ2) is 4.74. The van der Waals surface area contributed by atoms with Gasteiger partial charge in [-0.2, -0.15) is 13.9 Å². The zero-order valence-corrected chi connectivity index (χ0v) is 8.48. The molecule has 1 heterocycles. The molecule has 1 aromatic heterocycles. The van der Waals surface area contributed by atoms with Crippen LogP contribution in [0, 0.1) is 0 Å². The number of hydrogen-bond donors (Lipinski definition) is 1. The SMILES string of the molecule is FC(F)n1ccc(NCc2ccccc2)n1. The molecule has 16 heavy (non-hydrogen) atoms. The van der Waals surface area contributed by atoms with Gasteiger partial charge in [0.05, 0.1) is 0 Å². The van der Waals surface area contributed by atoms with E-state index in [-0.39, 0.29) is 0 Å². The minimum absolute atomic E-state index is 0.448. The van der Waals surface area contributed by atoms with E-state index < -0.39 is 6.55 Å². The summed E-state index contributed by atoms with van der Waals surface area (Å²) in [5.41, 5.74) is 1.08. The molecule has 1 aromatic carbocycles. The molecule has 0 bridgehead atoms. The number of aromatic nitrogens is 2. The van der Waals surface area contributed by atoms with Gasteiger partial charge in [0.25, 0.3) is 0 Å². The first-order valence-electron chi connectivity index (χ1n) is 4.87. The van der Waals surface area contributed by atoms with Crippen LogP contribution in [0.5, 0.6) is 0 Å². The van der Waals surface area contributed by atoms with Gasteiger partial charge in [-0.05, 0) is 5.56 Å². The first kappa shape index (κ1) is 10.6. The molecule has 0 spiro atoms. The van der Waals surface area contributed by atoms with Crippen molar-refractivity contribution >= 4 is 5.82 Å². The minimum atomic E-state index is -2.59. The second-order valence-corrected chi connectivity index (χ2v) is 3.30. The van der Waals surface area contributed by atoms with Crippen molar-refractivity contribution in [2.45, 2.75) is 13.1 Å². The Kier molecular flexibility index (Phi) is 3.14. The van der Waals surface area contributed by atoms with E-state index in [1.54, 1.807) is 0 Å². The van der Waals surface area contributed by atoms with Crippen molar-refractivity contribution < 1.29 is 8.78 Å². The van der Waals surface area contributed by atoms with Gasteiger partial charge in [0.2, 0.25) is 0 Å². The lowest BCUT2D eigenvalue weighted by molar-refractivity contribution is 0.0569. The van der Waals surface area contributed by atoms with Crippen LogP contribution < -0.4 is 5.32 Å². The highest BCUT2D eigenvalue weighted by Crippen LogP contribution is 2.12. The average Bonchev–Trinajstić information content (AvgIpc) is 2.76.